The molecule has 3 saturated heterocycles. The lowest BCUT2D eigenvalue weighted by atomic mass is 9.78. The molecule has 2 unspecified atom stereocenters. The summed E-state index contributed by atoms with van der Waals surface area (Å²) in [6.07, 6.45) is 5.88. The van der Waals surface area contributed by atoms with Crippen molar-refractivity contribution in [1.29, 1.82) is 0 Å². The zero-order chi connectivity index (χ0) is 14.9. The Morgan fingerprint density at radius 3 is 2.29 bits per heavy atom. The monoisotopic (exact) mass is 296 g/mol. The van der Waals surface area contributed by atoms with E-state index in [2.05, 4.69) is 31.0 Å². The molecule has 2 atom stereocenters. The third-order valence-electron chi connectivity index (χ3n) is 5.23. The maximum atomic E-state index is 5.98. The molecule has 3 fully saturated rings. The number of morpholine rings is 1. The number of nitrogens with one attached hydrogen (secondary N) is 1. The van der Waals surface area contributed by atoms with Gasteiger partial charge in [-0.1, -0.05) is 0 Å². The zero-order valence-electron chi connectivity index (χ0n) is 14.0. The summed E-state index contributed by atoms with van der Waals surface area (Å²) in [5, 5.41) is 3.75. The van der Waals surface area contributed by atoms with Gasteiger partial charge in [-0.15, -0.1) is 0 Å². The number of hydrogen-bond donors (Lipinski definition) is 1. The molecule has 0 spiro atoms. The predicted molar refractivity (Wildman–Crippen MR) is 84.6 cm³/mol. The van der Waals surface area contributed by atoms with Crippen molar-refractivity contribution in [3.8, 4) is 0 Å². The third kappa shape index (κ3) is 4.19. The van der Waals surface area contributed by atoms with Crippen molar-refractivity contribution >= 4 is 0 Å². The molecule has 0 amide bonds. The van der Waals surface area contributed by atoms with Gasteiger partial charge in [0.2, 0.25) is 0 Å². The van der Waals surface area contributed by atoms with Gasteiger partial charge in [-0.05, 0) is 51.9 Å². The Kier molecular flexibility index (Phi) is 4.60. The van der Waals surface area contributed by atoms with Crippen molar-refractivity contribution in [2.75, 3.05) is 39.4 Å². The lowest BCUT2D eigenvalue weighted by molar-refractivity contribution is -0.0669. The second-order valence-corrected chi connectivity index (χ2v) is 8.37. The largest absolute Gasteiger partial charge is 0.381 e. The molecule has 0 aliphatic carbocycles. The average Bonchev–Trinajstić information content (AvgIpc) is 2.76. The van der Waals surface area contributed by atoms with Crippen LogP contribution in [0.4, 0.5) is 0 Å². The second-order valence-electron chi connectivity index (χ2n) is 8.37. The number of likely N-dealkylation sites (tertiary alicyclic amines) is 1. The Balaban J connectivity index is 1.61. The van der Waals surface area contributed by atoms with Gasteiger partial charge in [-0.25, -0.2) is 0 Å². The molecule has 0 aromatic rings. The first kappa shape index (κ1) is 15.7. The van der Waals surface area contributed by atoms with Crippen LogP contribution in [0.25, 0.3) is 0 Å². The molecule has 3 rings (SSSR count). The van der Waals surface area contributed by atoms with Crippen LogP contribution in [0.1, 0.15) is 46.5 Å². The first-order chi connectivity index (χ1) is 9.94. The molecule has 0 saturated carbocycles. The summed E-state index contributed by atoms with van der Waals surface area (Å²) < 4.78 is 11.6. The van der Waals surface area contributed by atoms with Crippen molar-refractivity contribution in [1.82, 2.24) is 10.2 Å². The number of nitrogens with zero attached hydrogens (tertiary/aromatic N) is 1. The molecular formula is C17H32N2O2. The normalized spacial score (nSPS) is 33.3. The SMILES string of the molecule is CC(C)(C)NCC1(CN2CC3CCC(C2)O3)CCOCC1. The van der Waals surface area contributed by atoms with Gasteiger partial charge in [0, 0.05) is 44.9 Å². The molecule has 0 radical (unpaired) electrons. The first-order valence-corrected chi connectivity index (χ1v) is 8.65. The Hall–Kier alpha value is -0.160. The Labute approximate surface area is 129 Å². The molecule has 0 aromatic heterocycles. The van der Waals surface area contributed by atoms with Crippen LogP contribution in [0.3, 0.4) is 0 Å². The number of ether oxygens (including phenoxy) is 2. The van der Waals surface area contributed by atoms with Gasteiger partial charge in [0.15, 0.2) is 0 Å². The summed E-state index contributed by atoms with van der Waals surface area (Å²) in [5.41, 5.74) is 0.567. The van der Waals surface area contributed by atoms with Crippen LogP contribution >= 0.6 is 0 Å². The van der Waals surface area contributed by atoms with Crippen molar-refractivity contribution < 1.29 is 9.47 Å². The highest BCUT2D eigenvalue weighted by molar-refractivity contribution is 4.93. The smallest absolute Gasteiger partial charge is 0.0707 e. The summed E-state index contributed by atoms with van der Waals surface area (Å²) in [7, 11) is 0. The lowest BCUT2D eigenvalue weighted by Gasteiger charge is -2.44. The Bertz CT molecular complexity index is 335. The summed E-state index contributed by atoms with van der Waals surface area (Å²) in [6.45, 7) is 13.2. The Morgan fingerprint density at radius 2 is 1.71 bits per heavy atom. The molecule has 3 heterocycles. The van der Waals surface area contributed by atoms with Crippen LogP contribution in [0.15, 0.2) is 0 Å². The van der Waals surface area contributed by atoms with Crippen LogP contribution in [0.5, 0.6) is 0 Å². The lowest BCUT2D eigenvalue weighted by Crippen LogP contribution is -2.54. The van der Waals surface area contributed by atoms with Crippen molar-refractivity contribution in [2.45, 2.75) is 64.2 Å². The molecule has 0 aromatic carbocycles. The molecule has 2 bridgehead atoms. The van der Waals surface area contributed by atoms with Crippen molar-refractivity contribution in [3.63, 3.8) is 0 Å². The molecule has 21 heavy (non-hydrogen) atoms. The standard InChI is InChI=1S/C17H32N2O2/c1-16(2,3)18-12-17(6-8-20-9-7-17)13-19-10-14-4-5-15(11-19)21-14/h14-15,18H,4-13H2,1-3H3. The second kappa shape index (κ2) is 6.15. The topological polar surface area (TPSA) is 33.7 Å². The van der Waals surface area contributed by atoms with E-state index in [4.69, 9.17) is 9.47 Å². The van der Waals surface area contributed by atoms with Crippen LogP contribution in [-0.4, -0.2) is 62.0 Å². The molecule has 4 nitrogen and oxygen atoms in total. The highest BCUT2D eigenvalue weighted by atomic mass is 16.5. The van der Waals surface area contributed by atoms with Gasteiger partial charge >= 0.3 is 0 Å². The molecular weight excluding hydrogens is 264 g/mol. The van der Waals surface area contributed by atoms with Crippen LogP contribution in [0, 0.1) is 5.41 Å². The molecule has 3 aliphatic heterocycles. The van der Waals surface area contributed by atoms with Crippen LogP contribution < -0.4 is 5.32 Å². The van der Waals surface area contributed by atoms with Gasteiger partial charge in [-0.3, -0.25) is 4.90 Å². The summed E-state index contributed by atoms with van der Waals surface area (Å²) in [4.78, 5) is 2.67. The first-order valence-electron chi connectivity index (χ1n) is 8.65. The van der Waals surface area contributed by atoms with Crippen molar-refractivity contribution in [3.05, 3.63) is 0 Å². The van der Waals surface area contributed by atoms with E-state index in [-0.39, 0.29) is 5.54 Å². The van der Waals surface area contributed by atoms with Gasteiger partial charge in [0.1, 0.15) is 0 Å². The molecule has 3 aliphatic rings. The Morgan fingerprint density at radius 1 is 1.10 bits per heavy atom. The number of fused-ring (bicyclic) bond motifs is 2. The van der Waals surface area contributed by atoms with E-state index in [0.29, 0.717) is 17.6 Å². The highest BCUT2D eigenvalue weighted by Crippen LogP contribution is 2.34. The van der Waals surface area contributed by atoms with Crippen LogP contribution in [-0.2, 0) is 9.47 Å². The summed E-state index contributed by atoms with van der Waals surface area (Å²) >= 11 is 0. The minimum Gasteiger partial charge on any atom is -0.381 e. The summed E-state index contributed by atoms with van der Waals surface area (Å²) in [5.74, 6) is 0. The van der Waals surface area contributed by atoms with Crippen molar-refractivity contribution in [2.24, 2.45) is 5.41 Å². The predicted octanol–water partition coefficient (Wildman–Crippen LogP) is 2.03. The fourth-order valence-corrected chi connectivity index (χ4v) is 3.95. The van der Waals surface area contributed by atoms with E-state index in [1.807, 2.05) is 0 Å². The van der Waals surface area contributed by atoms with E-state index in [0.717, 1.165) is 32.8 Å². The third-order valence-corrected chi connectivity index (χ3v) is 5.23. The van der Waals surface area contributed by atoms with E-state index in [1.165, 1.54) is 32.2 Å². The van der Waals surface area contributed by atoms with Gasteiger partial charge in [0.05, 0.1) is 12.2 Å². The zero-order valence-corrected chi connectivity index (χ0v) is 14.0. The number of hydrogen-bond acceptors (Lipinski definition) is 4. The minimum absolute atomic E-state index is 0.190. The fraction of sp³-hybridized carbons (Fsp3) is 1.00. The molecule has 4 heteroatoms. The summed E-state index contributed by atoms with van der Waals surface area (Å²) in [6, 6.07) is 0. The number of rotatable bonds is 4. The van der Waals surface area contributed by atoms with Gasteiger partial charge < -0.3 is 14.8 Å². The maximum absolute atomic E-state index is 5.98. The van der Waals surface area contributed by atoms with E-state index in [1.54, 1.807) is 0 Å². The van der Waals surface area contributed by atoms with Gasteiger partial charge in [0.25, 0.3) is 0 Å². The van der Waals surface area contributed by atoms with Gasteiger partial charge in [-0.2, -0.15) is 0 Å². The minimum atomic E-state index is 0.190. The maximum Gasteiger partial charge on any atom is 0.0707 e. The fourth-order valence-electron chi connectivity index (χ4n) is 3.95. The molecule has 1 N–H and O–H groups in total. The van der Waals surface area contributed by atoms with Crippen LogP contribution in [0.2, 0.25) is 0 Å². The average molecular weight is 296 g/mol. The van der Waals surface area contributed by atoms with E-state index >= 15 is 0 Å². The highest BCUT2D eigenvalue weighted by Gasteiger charge is 2.40. The van der Waals surface area contributed by atoms with E-state index < -0.39 is 0 Å². The molecule has 122 valence electrons. The quantitative estimate of drug-likeness (QED) is 0.861. The van der Waals surface area contributed by atoms with E-state index in [9.17, 15) is 0 Å².